The first-order valence-corrected chi connectivity index (χ1v) is 4.35. The topological polar surface area (TPSA) is 58.6 Å². The number of carbonyl (C=O) groups is 1. The number of nitrogens with one attached hydrogen (secondary N) is 1. The largest absolute Gasteiger partial charge is 0.492 e. The van der Waals surface area contributed by atoms with Crippen LogP contribution < -0.4 is 10.1 Å². The molecule has 0 amide bonds. The van der Waals surface area contributed by atoms with Crippen LogP contribution in [0.2, 0.25) is 0 Å². The predicted octanol–water partition coefficient (Wildman–Crippen LogP) is 0.983. The maximum absolute atomic E-state index is 10.6. The lowest BCUT2D eigenvalue weighted by atomic mass is 10.2. The van der Waals surface area contributed by atoms with Crippen molar-refractivity contribution in [2.24, 2.45) is 0 Å². The fourth-order valence-corrected chi connectivity index (χ4v) is 0.990. The van der Waals surface area contributed by atoms with Crippen molar-refractivity contribution in [3.8, 4) is 5.75 Å². The van der Waals surface area contributed by atoms with Crippen LogP contribution in [-0.2, 0) is 0 Å². The molecule has 0 saturated heterocycles. The van der Waals surface area contributed by atoms with E-state index in [1.165, 1.54) is 12.1 Å². The first kappa shape index (κ1) is 10.5. The average Bonchev–Trinajstić information content (AvgIpc) is 2.19. The number of aromatic carboxylic acids is 1. The van der Waals surface area contributed by atoms with Crippen LogP contribution >= 0.6 is 0 Å². The van der Waals surface area contributed by atoms with Gasteiger partial charge in [-0.05, 0) is 25.2 Å². The minimum absolute atomic E-state index is 0.243. The highest BCUT2D eigenvalue weighted by molar-refractivity contribution is 5.87. The summed E-state index contributed by atoms with van der Waals surface area (Å²) in [6.45, 7) is 1.26. The zero-order chi connectivity index (χ0) is 10.4. The predicted molar refractivity (Wildman–Crippen MR) is 52.8 cm³/mol. The van der Waals surface area contributed by atoms with E-state index < -0.39 is 5.97 Å². The molecule has 0 heterocycles. The number of ether oxygens (including phenoxy) is 1. The summed E-state index contributed by atoms with van der Waals surface area (Å²) in [4.78, 5) is 10.6. The van der Waals surface area contributed by atoms with E-state index in [-0.39, 0.29) is 5.56 Å². The molecule has 14 heavy (non-hydrogen) atoms. The molecule has 4 heteroatoms. The Hall–Kier alpha value is -1.55. The van der Waals surface area contributed by atoms with Crippen molar-refractivity contribution >= 4 is 5.97 Å². The van der Waals surface area contributed by atoms with Crippen molar-refractivity contribution in [1.29, 1.82) is 0 Å². The van der Waals surface area contributed by atoms with Crippen LogP contribution in [0.25, 0.3) is 0 Å². The van der Waals surface area contributed by atoms with Crippen molar-refractivity contribution in [2.45, 2.75) is 0 Å². The van der Waals surface area contributed by atoms with E-state index in [1.54, 1.807) is 12.1 Å². The Bertz CT molecular complexity index is 312. The number of carboxylic acids is 1. The standard InChI is InChI=1S/C10H13NO3/c1-11-5-6-14-9-4-2-3-8(7-9)10(12)13/h2-4,7,11H,5-6H2,1H3,(H,12,13). The van der Waals surface area contributed by atoms with Crippen molar-refractivity contribution in [1.82, 2.24) is 5.32 Å². The van der Waals surface area contributed by atoms with Gasteiger partial charge >= 0.3 is 5.97 Å². The zero-order valence-corrected chi connectivity index (χ0v) is 7.99. The van der Waals surface area contributed by atoms with Gasteiger partial charge in [-0.15, -0.1) is 0 Å². The normalized spacial score (nSPS) is 9.79. The van der Waals surface area contributed by atoms with Gasteiger partial charge in [0.15, 0.2) is 0 Å². The van der Waals surface area contributed by atoms with Gasteiger partial charge in [0.1, 0.15) is 12.4 Å². The Morgan fingerprint density at radius 3 is 3.00 bits per heavy atom. The molecule has 76 valence electrons. The van der Waals surface area contributed by atoms with Gasteiger partial charge in [-0.1, -0.05) is 6.07 Å². The van der Waals surface area contributed by atoms with E-state index in [4.69, 9.17) is 9.84 Å². The Morgan fingerprint density at radius 1 is 1.57 bits per heavy atom. The number of rotatable bonds is 5. The SMILES string of the molecule is CNCCOc1cccc(C(=O)O)c1. The van der Waals surface area contributed by atoms with Gasteiger partial charge in [0.05, 0.1) is 5.56 Å². The van der Waals surface area contributed by atoms with Gasteiger partial charge < -0.3 is 15.2 Å². The fourth-order valence-electron chi connectivity index (χ4n) is 0.990. The maximum Gasteiger partial charge on any atom is 0.335 e. The summed E-state index contributed by atoms with van der Waals surface area (Å²) in [6, 6.07) is 6.45. The molecule has 4 nitrogen and oxygen atoms in total. The van der Waals surface area contributed by atoms with Crippen LogP contribution in [-0.4, -0.2) is 31.3 Å². The average molecular weight is 195 g/mol. The fraction of sp³-hybridized carbons (Fsp3) is 0.300. The number of likely N-dealkylation sites (N-methyl/N-ethyl adjacent to an activating group) is 1. The van der Waals surface area contributed by atoms with Gasteiger partial charge in [0.2, 0.25) is 0 Å². The lowest BCUT2D eigenvalue weighted by Gasteiger charge is -2.05. The second-order valence-electron chi connectivity index (χ2n) is 2.78. The highest BCUT2D eigenvalue weighted by atomic mass is 16.5. The Kier molecular flexibility index (Phi) is 3.94. The van der Waals surface area contributed by atoms with E-state index >= 15 is 0 Å². The van der Waals surface area contributed by atoms with Crippen LogP contribution in [0.5, 0.6) is 5.75 Å². The highest BCUT2D eigenvalue weighted by Crippen LogP contribution is 2.12. The summed E-state index contributed by atoms with van der Waals surface area (Å²) in [5.74, 6) is -0.357. The number of benzene rings is 1. The second kappa shape index (κ2) is 5.24. The van der Waals surface area contributed by atoms with Crippen molar-refractivity contribution < 1.29 is 14.6 Å². The summed E-state index contributed by atoms with van der Waals surface area (Å²) >= 11 is 0. The third-order valence-electron chi connectivity index (χ3n) is 1.70. The first-order valence-electron chi connectivity index (χ1n) is 4.35. The molecule has 2 N–H and O–H groups in total. The van der Waals surface area contributed by atoms with Gasteiger partial charge in [0.25, 0.3) is 0 Å². The maximum atomic E-state index is 10.6. The number of hydrogen-bond donors (Lipinski definition) is 2. The van der Waals surface area contributed by atoms with Gasteiger partial charge in [0, 0.05) is 6.54 Å². The van der Waals surface area contributed by atoms with Gasteiger partial charge in [-0.2, -0.15) is 0 Å². The second-order valence-corrected chi connectivity index (χ2v) is 2.78. The Morgan fingerprint density at radius 2 is 2.36 bits per heavy atom. The first-order chi connectivity index (χ1) is 6.74. The summed E-state index contributed by atoms with van der Waals surface area (Å²) in [5, 5.41) is 11.6. The minimum atomic E-state index is -0.941. The molecule has 1 rings (SSSR count). The zero-order valence-electron chi connectivity index (χ0n) is 7.99. The highest BCUT2D eigenvalue weighted by Gasteiger charge is 2.02. The molecular formula is C10H13NO3. The van der Waals surface area contributed by atoms with E-state index in [9.17, 15) is 4.79 Å². The molecule has 0 aliphatic carbocycles. The van der Waals surface area contributed by atoms with E-state index in [0.29, 0.717) is 12.4 Å². The van der Waals surface area contributed by atoms with Crippen LogP contribution in [0.4, 0.5) is 0 Å². The Labute approximate surface area is 82.5 Å². The summed E-state index contributed by atoms with van der Waals surface area (Å²) in [6.07, 6.45) is 0. The summed E-state index contributed by atoms with van der Waals surface area (Å²) in [7, 11) is 1.83. The molecule has 0 radical (unpaired) electrons. The van der Waals surface area contributed by atoms with Gasteiger partial charge in [-0.25, -0.2) is 4.79 Å². The van der Waals surface area contributed by atoms with Crippen LogP contribution in [0.15, 0.2) is 24.3 Å². The summed E-state index contributed by atoms with van der Waals surface area (Å²) < 4.78 is 5.31. The molecule has 0 unspecified atom stereocenters. The monoisotopic (exact) mass is 195 g/mol. The summed E-state index contributed by atoms with van der Waals surface area (Å²) in [5.41, 5.74) is 0.243. The molecule has 1 aromatic carbocycles. The van der Waals surface area contributed by atoms with Crippen LogP contribution in [0.3, 0.4) is 0 Å². The smallest absolute Gasteiger partial charge is 0.335 e. The lowest BCUT2D eigenvalue weighted by molar-refractivity contribution is 0.0696. The molecule has 0 spiro atoms. The van der Waals surface area contributed by atoms with Crippen LogP contribution in [0.1, 0.15) is 10.4 Å². The van der Waals surface area contributed by atoms with Crippen molar-refractivity contribution in [3.05, 3.63) is 29.8 Å². The van der Waals surface area contributed by atoms with Gasteiger partial charge in [-0.3, -0.25) is 0 Å². The van der Waals surface area contributed by atoms with Crippen molar-refractivity contribution in [3.63, 3.8) is 0 Å². The minimum Gasteiger partial charge on any atom is -0.492 e. The van der Waals surface area contributed by atoms with E-state index in [1.807, 2.05) is 7.05 Å². The number of hydrogen-bond acceptors (Lipinski definition) is 3. The molecule has 0 bridgehead atoms. The molecule has 0 saturated carbocycles. The van der Waals surface area contributed by atoms with E-state index in [0.717, 1.165) is 6.54 Å². The molecule has 0 atom stereocenters. The molecular weight excluding hydrogens is 182 g/mol. The molecule has 0 aromatic heterocycles. The number of carboxylic acid groups (broad SMARTS) is 1. The molecule has 0 aliphatic heterocycles. The van der Waals surface area contributed by atoms with Crippen molar-refractivity contribution in [2.75, 3.05) is 20.2 Å². The molecule has 0 fully saturated rings. The van der Waals surface area contributed by atoms with Crippen LogP contribution in [0, 0.1) is 0 Å². The lowest BCUT2D eigenvalue weighted by Crippen LogP contribution is -2.16. The third-order valence-corrected chi connectivity index (χ3v) is 1.70. The van der Waals surface area contributed by atoms with E-state index in [2.05, 4.69) is 5.32 Å². The molecule has 1 aromatic rings. The molecule has 0 aliphatic rings. The third kappa shape index (κ3) is 3.06. The Balaban J connectivity index is 2.59. The quantitative estimate of drug-likeness (QED) is 0.688.